The first kappa shape index (κ1) is 16.1. The fourth-order valence-corrected chi connectivity index (χ4v) is 3.40. The van der Waals surface area contributed by atoms with Crippen LogP contribution in [0.5, 0.6) is 0 Å². The summed E-state index contributed by atoms with van der Waals surface area (Å²) in [5.41, 5.74) is 3.44. The van der Waals surface area contributed by atoms with Crippen LogP contribution in [0.15, 0.2) is 90.9 Å². The Morgan fingerprint density at radius 2 is 1.50 bits per heavy atom. The number of rotatable bonds is 4. The minimum absolute atomic E-state index is 0.181. The number of hydrogen-bond donors (Lipinski definition) is 1. The van der Waals surface area contributed by atoms with Gasteiger partial charge in [-0.05, 0) is 28.8 Å². The van der Waals surface area contributed by atoms with Crippen LogP contribution in [0.2, 0.25) is 0 Å². The number of hydrogen-bond acceptors (Lipinski definition) is 3. The number of nitrogens with zero attached hydrogens (tertiary/aromatic N) is 2. The molecule has 128 valence electrons. The van der Waals surface area contributed by atoms with Gasteiger partial charge in [0.15, 0.2) is 5.76 Å². The van der Waals surface area contributed by atoms with Gasteiger partial charge in [-0.3, -0.25) is 9.78 Å². The Labute approximate surface area is 152 Å². The van der Waals surface area contributed by atoms with Crippen LogP contribution in [0, 0.1) is 0 Å². The minimum atomic E-state index is -0.352. The average Bonchev–Trinajstić information content (AvgIpc) is 2.95. The Bertz CT molecular complexity index is 938. The molecule has 0 bridgehead atoms. The van der Waals surface area contributed by atoms with Crippen molar-refractivity contribution in [3.05, 3.63) is 108 Å². The molecule has 1 aliphatic rings. The molecule has 0 spiro atoms. The van der Waals surface area contributed by atoms with Gasteiger partial charge in [0.1, 0.15) is 0 Å². The van der Waals surface area contributed by atoms with Crippen LogP contribution in [0.3, 0.4) is 0 Å². The molecule has 0 aliphatic carbocycles. The summed E-state index contributed by atoms with van der Waals surface area (Å²) in [4.78, 5) is 18.6. The highest BCUT2D eigenvalue weighted by Crippen LogP contribution is 2.43. The van der Waals surface area contributed by atoms with Gasteiger partial charge in [0.05, 0.1) is 6.04 Å². The molecule has 1 aliphatic heterocycles. The fourth-order valence-electron chi connectivity index (χ4n) is 3.40. The van der Waals surface area contributed by atoms with E-state index in [9.17, 15) is 9.90 Å². The lowest BCUT2D eigenvalue weighted by molar-refractivity contribution is -0.130. The van der Waals surface area contributed by atoms with Gasteiger partial charge in [-0.1, -0.05) is 60.7 Å². The normalized spacial score (nSPS) is 17.0. The molecule has 26 heavy (non-hydrogen) atoms. The zero-order valence-corrected chi connectivity index (χ0v) is 14.1. The highest BCUT2D eigenvalue weighted by atomic mass is 16.3. The van der Waals surface area contributed by atoms with E-state index in [1.807, 2.05) is 72.8 Å². The molecule has 2 heterocycles. The van der Waals surface area contributed by atoms with Gasteiger partial charge in [0, 0.05) is 24.5 Å². The summed E-state index contributed by atoms with van der Waals surface area (Å²) in [6.45, 7) is 0.404. The molecule has 0 fully saturated rings. The van der Waals surface area contributed by atoms with Crippen molar-refractivity contribution in [2.75, 3.05) is 0 Å². The van der Waals surface area contributed by atoms with E-state index in [4.69, 9.17) is 0 Å². The van der Waals surface area contributed by atoms with Crippen LogP contribution in [-0.2, 0) is 11.3 Å². The van der Waals surface area contributed by atoms with Crippen LogP contribution in [0.4, 0.5) is 0 Å². The monoisotopic (exact) mass is 342 g/mol. The molecular weight excluding hydrogens is 324 g/mol. The van der Waals surface area contributed by atoms with Crippen LogP contribution in [0.1, 0.15) is 22.7 Å². The molecule has 4 nitrogen and oxygen atoms in total. The maximum absolute atomic E-state index is 12.9. The molecule has 4 rings (SSSR count). The van der Waals surface area contributed by atoms with Gasteiger partial charge in [-0.15, -0.1) is 0 Å². The summed E-state index contributed by atoms with van der Waals surface area (Å²) in [5, 5.41) is 10.7. The molecule has 0 unspecified atom stereocenters. The molecule has 2 aromatic carbocycles. The Hall–Kier alpha value is -3.40. The lowest BCUT2D eigenvalue weighted by atomic mass is 9.93. The lowest BCUT2D eigenvalue weighted by Gasteiger charge is -2.27. The summed E-state index contributed by atoms with van der Waals surface area (Å²) in [6.07, 6.45) is 3.41. The first-order chi connectivity index (χ1) is 12.8. The number of aliphatic hydroxyl groups is 1. The van der Waals surface area contributed by atoms with Crippen molar-refractivity contribution >= 4 is 11.5 Å². The van der Waals surface area contributed by atoms with Gasteiger partial charge in [0.2, 0.25) is 0 Å². The third-order valence-corrected chi connectivity index (χ3v) is 4.61. The van der Waals surface area contributed by atoms with Crippen LogP contribution in [0.25, 0.3) is 5.57 Å². The van der Waals surface area contributed by atoms with Crippen molar-refractivity contribution in [1.29, 1.82) is 0 Å². The fraction of sp³-hybridized carbons (Fsp3) is 0.0909. The number of benzene rings is 2. The Kier molecular flexibility index (Phi) is 4.23. The van der Waals surface area contributed by atoms with E-state index < -0.39 is 0 Å². The molecule has 3 aromatic rings. The Morgan fingerprint density at radius 3 is 2.15 bits per heavy atom. The summed E-state index contributed by atoms with van der Waals surface area (Å²) >= 11 is 0. The van der Waals surface area contributed by atoms with Crippen molar-refractivity contribution in [2.24, 2.45) is 0 Å². The van der Waals surface area contributed by atoms with Crippen molar-refractivity contribution in [3.63, 3.8) is 0 Å². The molecule has 0 saturated heterocycles. The molecule has 0 radical (unpaired) electrons. The molecular formula is C22H18N2O2. The van der Waals surface area contributed by atoms with Crippen LogP contribution >= 0.6 is 0 Å². The second-order valence-corrected chi connectivity index (χ2v) is 6.23. The van der Waals surface area contributed by atoms with Crippen LogP contribution < -0.4 is 0 Å². The van der Waals surface area contributed by atoms with E-state index >= 15 is 0 Å². The molecule has 1 amide bonds. The quantitative estimate of drug-likeness (QED) is 0.775. The number of amides is 1. The number of pyridine rings is 1. The smallest absolute Gasteiger partial charge is 0.290 e. The van der Waals surface area contributed by atoms with Gasteiger partial charge in [-0.2, -0.15) is 0 Å². The van der Waals surface area contributed by atoms with Gasteiger partial charge >= 0.3 is 0 Å². The average molecular weight is 342 g/mol. The van der Waals surface area contributed by atoms with E-state index in [2.05, 4.69) is 4.98 Å². The summed E-state index contributed by atoms with van der Waals surface area (Å²) in [5.74, 6) is -0.534. The lowest BCUT2D eigenvalue weighted by Crippen LogP contribution is -2.29. The van der Waals surface area contributed by atoms with E-state index in [-0.39, 0.29) is 17.7 Å². The topological polar surface area (TPSA) is 53.4 Å². The first-order valence-electron chi connectivity index (χ1n) is 8.49. The number of carbonyl (C=O) groups excluding carboxylic acids is 1. The highest BCUT2D eigenvalue weighted by molar-refractivity contribution is 6.05. The summed E-state index contributed by atoms with van der Waals surface area (Å²) in [6, 6.07) is 22.8. The Balaban J connectivity index is 1.81. The zero-order valence-electron chi connectivity index (χ0n) is 14.1. The predicted octanol–water partition coefficient (Wildman–Crippen LogP) is 4.13. The van der Waals surface area contributed by atoms with Crippen molar-refractivity contribution < 1.29 is 9.90 Å². The molecule has 0 saturated carbocycles. The van der Waals surface area contributed by atoms with E-state index in [1.54, 1.807) is 17.3 Å². The second-order valence-electron chi connectivity index (χ2n) is 6.23. The summed E-state index contributed by atoms with van der Waals surface area (Å²) < 4.78 is 0. The summed E-state index contributed by atoms with van der Waals surface area (Å²) in [7, 11) is 0. The molecule has 1 N–H and O–H groups in total. The number of aliphatic hydroxyl groups excluding tert-OH is 1. The standard InChI is InChI=1S/C22H18N2O2/c25-21-19(17-7-3-1-4-8-17)20(18-9-5-2-6-10-18)24(22(21)26)15-16-11-13-23-14-12-16/h1-14,20,25H,15H2/t20-/m0/s1. The van der Waals surface area contributed by atoms with Gasteiger partial charge < -0.3 is 10.0 Å². The first-order valence-corrected chi connectivity index (χ1v) is 8.49. The second kappa shape index (κ2) is 6.84. The highest BCUT2D eigenvalue weighted by Gasteiger charge is 2.40. The maximum atomic E-state index is 12.9. The maximum Gasteiger partial charge on any atom is 0.290 e. The van der Waals surface area contributed by atoms with Crippen molar-refractivity contribution in [2.45, 2.75) is 12.6 Å². The van der Waals surface area contributed by atoms with Gasteiger partial charge in [-0.25, -0.2) is 0 Å². The zero-order chi connectivity index (χ0) is 17.9. The van der Waals surface area contributed by atoms with E-state index in [1.165, 1.54) is 0 Å². The molecule has 1 aromatic heterocycles. The minimum Gasteiger partial charge on any atom is -0.503 e. The number of aromatic nitrogens is 1. The van der Waals surface area contributed by atoms with Crippen molar-refractivity contribution in [3.8, 4) is 0 Å². The van der Waals surface area contributed by atoms with Crippen molar-refractivity contribution in [1.82, 2.24) is 9.88 Å². The van der Waals surface area contributed by atoms with E-state index in [0.717, 1.165) is 16.7 Å². The third-order valence-electron chi connectivity index (χ3n) is 4.61. The predicted molar refractivity (Wildman–Crippen MR) is 100.0 cm³/mol. The molecule has 4 heteroatoms. The Morgan fingerprint density at radius 1 is 0.885 bits per heavy atom. The SMILES string of the molecule is O=C1C(O)=C(c2ccccc2)[C@H](c2ccccc2)N1Cc1ccncc1. The van der Waals surface area contributed by atoms with E-state index in [0.29, 0.717) is 12.1 Å². The molecule has 1 atom stereocenters. The van der Waals surface area contributed by atoms with Crippen LogP contribution in [-0.4, -0.2) is 20.9 Å². The third kappa shape index (κ3) is 2.86. The largest absolute Gasteiger partial charge is 0.503 e. The van der Waals surface area contributed by atoms with Gasteiger partial charge in [0.25, 0.3) is 5.91 Å². The number of carbonyl (C=O) groups is 1.